The van der Waals surface area contributed by atoms with Gasteiger partial charge in [-0.25, -0.2) is 0 Å². The van der Waals surface area contributed by atoms with Gasteiger partial charge in [-0.05, 0) is 36.5 Å². The summed E-state index contributed by atoms with van der Waals surface area (Å²) in [6.45, 7) is 16.8. The first-order valence-electron chi connectivity index (χ1n) is 9.79. The lowest BCUT2D eigenvalue weighted by Gasteiger charge is -2.38. The average Bonchev–Trinajstić information content (AvgIpc) is 2.60. The number of rotatable bonds is 13. The predicted octanol–water partition coefficient (Wildman–Crippen LogP) is 5.14. The fourth-order valence-electron chi connectivity index (χ4n) is 2.37. The molecule has 1 rings (SSSR count). The molecule has 0 amide bonds. The number of aliphatic hydroxyl groups excluding tert-OH is 1. The summed E-state index contributed by atoms with van der Waals surface area (Å²) in [4.78, 5) is 0. The van der Waals surface area contributed by atoms with E-state index in [0.29, 0.717) is 26.2 Å². The summed E-state index contributed by atoms with van der Waals surface area (Å²) in [5, 5.41) is 10.6. The van der Waals surface area contributed by atoms with Crippen LogP contribution in [0.15, 0.2) is 43.0 Å². The van der Waals surface area contributed by atoms with Crippen molar-refractivity contribution in [1.29, 1.82) is 0 Å². The Bertz CT molecular complexity index is 525. The van der Waals surface area contributed by atoms with Gasteiger partial charge in [0.15, 0.2) is 8.32 Å². The monoisotopic (exact) mass is 394 g/mol. The summed E-state index contributed by atoms with van der Waals surface area (Å²) in [6.07, 6.45) is 2.60. The zero-order valence-electron chi connectivity index (χ0n) is 17.7. The lowest BCUT2D eigenvalue weighted by atomic mass is 9.97. The van der Waals surface area contributed by atoms with Crippen molar-refractivity contribution in [3.63, 3.8) is 0 Å². The Balaban J connectivity index is 2.38. The van der Waals surface area contributed by atoms with Gasteiger partial charge in [0.05, 0.1) is 12.7 Å². The highest BCUT2D eigenvalue weighted by molar-refractivity contribution is 6.74. The molecule has 0 aliphatic carbocycles. The van der Waals surface area contributed by atoms with Crippen LogP contribution in [-0.4, -0.2) is 39.5 Å². The fourth-order valence-corrected chi connectivity index (χ4v) is 3.43. The Morgan fingerprint density at radius 1 is 1.15 bits per heavy atom. The molecule has 4 nitrogen and oxygen atoms in total. The fraction of sp³-hybridized carbons (Fsp3) is 0.636. The molecule has 0 radical (unpaired) electrons. The summed E-state index contributed by atoms with van der Waals surface area (Å²) in [6, 6.07) is 10.0. The molecule has 0 heterocycles. The summed E-state index contributed by atoms with van der Waals surface area (Å²) < 4.78 is 17.5. The quantitative estimate of drug-likeness (QED) is 0.218. The minimum absolute atomic E-state index is 0.0336. The maximum absolute atomic E-state index is 10.4. The third-order valence-corrected chi connectivity index (χ3v) is 9.83. The van der Waals surface area contributed by atoms with E-state index in [1.807, 2.05) is 30.3 Å². The van der Waals surface area contributed by atoms with Crippen LogP contribution in [0.25, 0.3) is 0 Å². The molecule has 0 aliphatic heterocycles. The number of hydrogen-bond donors (Lipinski definition) is 1. The van der Waals surface area contributed by atoms with Crippen molar-refractivity contribution in [2.24, 2.45) is 5.92 Å². The SMILES string of the molecule is C=CC[C@@H](O)[C@H](CCOCOCc1ccccc1)CO[Si](C)(C)C(C)(C)C. The van der Waals surface area contributed by atoms with Crippen LogP contribution in [0.5, 0.6) is 0 Å². The maximum atomic E-state index is 10.4. The number of aliphatic hydroxyl groups is 1. The van der Waals surface area contributed by atoms with Crippen LogP contribution >= 0.6 is 0 Å². The van der Waals surface area contributed by atoms with Crippen LogP contribution in [0.2, 0.25) is 18.1 Å². The Labute approximate surface area is 166 Å². The molecule has 0 saturated carbocycles. The van der Waals surface area contributed by atoms with Crippen LogP contribution < -0.4 is 0 Å². The van der Waals surface area contributed by atoms with E-state index >= 15 is 0 Å². The van der Waals surface area contributed by atoms with Crippen molar-refractivity contribution in [2.75, 3.05) is 20.0 Å². The Morgan fingerprint density at radius 2 is 1.81 bits per heavy atom. The van der Waals surface area contributed by atoms with Gasteiger partial charge in [0, 0.05) is 19.1 Å². The van der Waals surface area contributed by atoms with E-state index < -0.39 is 14.4 Å². The molecule has 0 aromatic heterocycles. The van der Waals surface area contributed by atoms with E-state index in [2.05, 4.69) is 40.4 Å². The van der Waals surface area contributed by atoms with Crippen LogP contribution in [0.1, 0.15) is 39.2 Å². The van der Waals surface area contributed by atoms with E-state index in [9.17, 15) is 5.11 Å². The molecule has 1 N–H and O–H groups in total. The molecule has 1 aromatic carbocycles. The van der Waals surface area contributed by atoms with Crippen molar-refractivity contribution >= 4 is 8.32 Å². The molecule has 27 heavy (non-hydrogen) atoms. The number of ether oxygens (including phenoxy) is 2. The first-order valence-corrected chi connectivity index (χ1v) is 12.7. The smallest absolute Gasteiger partial charge is 0.191 e. The molecule has 0 unspecified atom stereocenters. The standard InChI is InChI=1S/C22H38O4Si/c1-7-11-21(23)20(17-26-27(5,6)22(2,3)4)14-15-24-18-25-16-19-12-9-8-10-13-19/h7-10,12-13,20-21,23H,1,11,14-18H2,2-6H3/t20-,21-/m1/s1. The number of hydrogen-bond acceptors (Lipinski definition) is 4. The Hall–Kier alpha value is -0.983. The summed E-state index contributed by atoms with van der Waals surface area (Å²) in [7, 11) is -1.84. The highest BCUT2D eigenvalue weighted by atomic mass is 28.4. The highest BCUT2D eigenvalue weighted by Gasteiger charge is 2.38. The van der Waals surface area contributed by atoms with Gasteiger partial charge in [0.2, 0.25) is 0 Å². The van der Waals surface area contributed by atoms with Crippen molar-refractivity contribution in [3.05, 3.63) is 48.6 Å². The van der Waals surface area contributed by atoms with Gasteiger partial charge in [-0.3, -0.25) is 0 Å². The first-order chi connectivity index (χ1) is 12.7. The molecular weight excluding hydrogens is 356 g/mol. The second-order valence-electron chi connectivity index (χ2n) is 8.57. The molecule has 0 saturated heterocycles. The van der Waals surface area contributed by atoms with Crippen LogP contribution in [0, 0.1) is 5.92 Å². The second-order valence-corrected chi connectivity index (χ2v) is 13.4. The van der Waals surface area contributed by atoms with E-state index in [1.54, 1.807) is 6.08 Å². The third-order valence-electron chi connectivity index (χ3n) is 5.33. The minimum atomic E-state index is -1.84. The third kappa shape index (κ3) is 9.17. The second kappa shape index (κ2) is 11.8. The van der Waals surface area contributed by atoms with Crippen molar-refractivity contribution in [1.82, 2.24) is 0 Å². The highest BCUT2D eigenvalue weighted by Crippen LogP contribution is 2.37. The summed E-state index contributed by atoms with van der Waals surface area (Å²) >= 11 is 0. The predicted molar refractivity (Wildman–Crippen MR) is 114 cm³/mol. The normalized spacial score (nSPS) is 14.7. The molecule has 0 aliphatic rings. The minimum Gasteiger partial charge on any atom is -0.416 e. The molecule has 0 spiro atoms. The van der Waals surface area contributed by atoms with E-state index in [0.717, 1.165) is 12.0 Å². The molecule has 154 valence electrons. The summed E-state index contributed by atoms with van der Waals surface area (Å²) in [5.41, 5.74) is 1.13. The largest absolute Gasteiger partial charge is 0.416 e. The van der Waals surface area contributed by atoms with Crippen LogP contribution in [-0.2, 0) is 20.5 Å². The molecule has 0 bridgehead atoms. The van der Waals surface area contributed by atoms with Crippen molar-refractivity contribution in [2.45, 2.75) is 64.5 Å². The van der Waals surface area contributed by atoms with Crippen LogP contribution in [0.3, 0.4) is 0 Å². The molecule has 5 heteroatoms. The Kier molecular flexibility index (Phi) is 10.5. The van der Waals surface area contributed by atoms with Crippen molar-refractivity contribution in [3.8, 4) is 0 Å². The van der Waals surface area contributed by atoms with Gasteiger partial charge in [0.1, 0.15) is 6.79 Å². The first kappa shape index (κ1) is 24.1. The molecule has 1 aromatic rings. The van der Waals surface area contributed by atoms with E-state index in [1.165, 1.54) is 0 Å². The lowest BCUT2D eigenvalue weighted by molar-refractivity contribution is -0.0697. The maximum Gasteiger partial charge on any atom is 0.191 e. The topological polar surface area (TPSA) is 47.9 Å². The van der Waals surface area contributed by atoms with Crippen LogP contribution in [0.4, 0.5) is 0 Å². The zero-order chi connectivity index (χ0) is 20.3. The average molecular weight is 395 g/mol. The van der Waals surface area contributed by atoms with E-state index in [4.69, 9.17) is 13.9 Å². The molecule has 2 atom stereocenters. The molecule has 0 fully saturated rings. The zero-order valence-corrected chi connectivity index (χ0v) is 18.7. The summed E-state index contributed by atoms with van der Waals surface area (Å²) in [5.74, 6) is 0.0336. The lowest BCUT2D eigenvalue weighted by Crippen LogP contribution is -2.43. The molecular formula is C22H38O4Si. The van der Waals surface area contributed by atoms with Gasteiger partial charge in [-0.15, -0.1) is 6.58 Å². The van der Waals surface area contributed by atoms with Crippen molar-refractivity contribution < 1.29 is 19.0 Å². The van der Waals surface area contributed by atoms with Gasteiger partial charge in [-0.2, -0.15) is 0 Å². The van der Waals surface area contributed by atoms with Gasteiger partial charge >= 0.3 is 0 Å². The van der Waals surface area contributed by atoms with Gasteiger partial charge < -0.3 is 19.0 Å². The van der Waals surface area contributed by atoms with E-state index in [-0.39, 0.29) is 17.7 Å². The number of benzene rings is 1. The van der Waals surface area contributed by atoms with Gasteiger partial charge in [-0.1, -0.05) is 57.2 Å². The Morgan fingerprint density at radius 3 is 2.41 bits per heavy atom. The van der Waals surface area contributed by atoms with Gasteiger partial charge in [0.25, 0.3) is 0 Å².